The summed E-state index contributed by atoms with van der Waals surface area (Å²) in [5.74, 6) is 0. The Morgan fingerprint density at radius 1 is 1.36 bits per heavy atom. The Balaban J connectivity index is 2.32. The van der Waals surface area contributed by atoms with E-state index >= 15 is 0 Å². The zero-order valence-electron chi connectivity index (χ0n) is 6.56. The normalized spacial score (nSPS) is 31.4. The molecule has 3 atom stereocenters. The topological polar surface area (TPSA) is 58.9 Å². The number of aliphatic hydroxyl groups is 2. The van der Waals surface area contributed by atoms with Gasteiger partial charge in [-0.05, 0) is 6.92 Å². The molecule has 1 rings (SSSR count). The average Bonchev–Trinajstić information content (AvgIpc) is 2.05. The summed E-state index contributed by atoms with van der Waals surface area (Å²) in [6.07, 6.45) is -1.97. The minimum Gasteiger partial charge on any atom is -0.391 e. The number of aliphatic hydroxyl groups excluding tert-OH is 2. The van der Waals surface area contributed by atoms with Crippen LogP contribution in [0.4, 0.5) is 0 Å². The summed E-state index contributed by atoms with van der Waals surface area (Å²) in [6, 6.07) is 0. The maximum absolute atomic E-state index is 9.30. The molecular formula is C7H14O4. The first-order valence-electron chi connectivity index (χ1n) is 3.77. The molecule has 1 heterocycles. The van der Waals surface area contributed by atoms with E-state index in [1.54, 1.807) is 0 Å². The third-order valence-corrected chi connectivity index (χ3v) is 1.72. The van der Waals surface area contributed by atoms with Crippen LogP contribution in [-0.4, -0.2) is 48.3 Å². The Morgan fingerprint density at radius 2 is 2.09 bits per heavy atom. The van der Waals surface area contributed by atoms with Crippen molar-refractivity contribution in [3.63, 3.8) is 0 Å². The van der Waals surface area contributed by atoms with Crippen LogP contribution < -0.4 is 0 Å². The highest BCUT2D eigenvalue weighted by Crippen LogP contribution is 2.08. The second-order valence-corrected chi connectivity index (χ2v) is 2.72. The summed E-state index contributed by atoms with van der Waals surface area (Å²) in [5, 5.41) is 18.3. The smallest absolute Gasteiger partial charge is 0.109 e. The van der Waals surface area contributed by atoms with E-state index in [-0.39, 0.29) is 6.10 Å². The lowest BCUT2D eigenvalue weighted by Crippen LogP contribution is -2.43. The molecular weight excluding hydrogens is 148 g/mol. The standard InChI is InChI=1S/C7H14O4/c1-5(8)7(9)6-4-10-2-3-11-6/h5-9H,2-4H2,1H3. The van der Waals surface area contributed by atoms with E-state index in [4.69, 9.17) is 14.6 Å². The molecule has 4 nitrogen and oxygen atoms in total. The first-order valence-corrected chi connectivity index (χ1v) is 3.77. The maximum atomic E-state index is 9.30. The molecule has 66 valence electrons. The summed E-state index contributed by atoms with van der Waals surface area (Å²) in [7, 11) is 0. The highest BCUT2D eigenvalue weighted by Gasteiger charge is 2.26. The van der Waals surface area contributed by atoms with Crippen LogP contribution in [0.15, 0.2) is 0 Å². The third kappa shape index (κ3) is 2.41. The van der Waals surface area contributed by atoms with E-state index in [1.807, 2.05) is 0 Å². The van der Waals surface area contributed by atoms with Gasteiger partial charge in [-0.25, -0.2) is 0 Å². The van der Waals surface area contributed by atoms with Gasteiger partial charge in [0.15, 0.2) is 0 Å². The Labute approximate surface area is 65.7 Å². The molecule has 11 heavy (non-hydrogen) atoms. The predicted octanol–water partition coefficient (Wildman–Crippen LogP) is -0.857. The molecule has 0 aromatic rings. The lowest BCUT2D eigenvalue weighted by Gasteiger charge is -2.28. The number of hydrogen-bond donors (Lipinski definition) is 2. The van der Waals surface area contributed by atoms with Gasteiger partial charge in [0.25, 0.3) is 0 Å². The van der Waals surface area contributed by atoms with Gasteiger partial charge >= 0.3 is 0 Å². The molecule has 0 aromatic carbocycles. The van der Waals surface area contributed by atoms with Gasteiger partial charge in [0.05, 0.1) is 25.9 Å². The van der Waals surface area contributed by atoms with Crippen molar-refractivity contribution in [2.75, 3.05) is 19.8 Å². The number of ether oxygens (including phenoxy) is 2. The molecule has 2 N–H and O–H groups in total. The second kappa shape index (κ2) is 4.01. The second-order valence-electron chi connectivity index (χ2n) is 2.72. The molecule has 0 aliphatic carbocycles. The van der Waals surface area contributed by atoms with Crippen molar-refractivity contribution >= 4 is 0 Å². The van der Waals surface area contributed by atoms with Crippen LogP contribution in [0.5, 0.6) is 0 Å². The molecule has 0 saturated carbocycles. The lowest BCUT2D eigenvalue weighted by atomic mass is 10.1. The Kier molecular flexibility index (Phi) is 3.26. The predicted molar refractivity (Wildman–Crippen MR) is 38.2 cm³/mol. The van der Waals surface area contributed by atoms with Crippen LogP contribution in [0.2, 0.25) is 0 Å². The monoisotopic (exact) mass is 162 g/mol. The van der Waals surface area contributed by atoms with Crippen LogP contribution in [-0.2, 0) is 9.47 Å². The summed E-state index contributed by atoms with van der Waals surface area (Å²) in [6.45, 7) is 2.96. The molecule has 0 spiro atoms. The van der Waals surface area contributed by atoms with Crippen molar-refractivity contribution < 1.29 is 19.7 Å². The first-order chi connectivity index (χ1) is 5.22. The summed E-state index contributed by atoms with van der Waals surface area (Å²) in [5.41, 5.74) is 0. The molecule has 0 amide bonds. The molecule has 1 fully saturated rings. The van der Waals surface area contributed by atoms with Crippen molar-refractivity contribution in [1.29, 1.82) is 0 Å². The number of rotatable bonds is 2. The van der Waals surface area contributed by atoms with E-state index in [9.17, 15) is 5.11 Å². The fourth-order valence-corrected chi connectivity index (χ4v) is 1.01. The Morgan fingerprint density at radius 3 is 2.55 bits per heavy atom. The molecule has 1 aliphatic rings. The van der Waals surface area contributed by atoms with E-state index in [2.05, 4.69) is 0 Å². The van der Waals surface area contributed by atoms with Crippen LogP contribution in [0.3, 0.4) is 0 Å². The van der Waals surface area contributed by atoms with Gasteiger partial charge < -0.3 is 19.7 Å². The van der Waals surface area contributed by atoms with Crippen LogP contribution in [0.25, 0.3) is 0 Å². The zero-order valence-corrected chi connectivity index (χ0v) is 6.56. The molecule has 0 aromatic heterocycles. The van der Waals surface area contributed by atoms with E-state index in [0.29, 0.717) is 19.8 Å². The van der Waals surface area contributed by atoms with Crippen molar-refractivity contribution in [1.82, 2.24) is 0 Å². The summed E-state index contributed by atoms with van der Waals surface area (Å²) < 4.78 is 10.2. The maximum Gasteiger partial charge on any atom is 0.109 e. The van der Waals surface area contributed by atoms with Crippen molar-refractivity contribution in [2.24, 2.45) is 0 Å². The van der Waals surface area contributed by atoms with Gasteiger partial charge in [-0.15, -0.1) is 0 Å². The van der Waals surface area contributed by atoms with E-state index in [0.717, 1.165) is 0 Å². The first kappa shape index (κ1) is 8.93. The van der Waals surface area contributed by atoms with Crippen LogP contribution >= 0.6 is 0 Å². The SMILES string of the molecule is CC(O)C(O)C1COCCO1. The summed E-state index contributed by atoms with van der Waals surface area (Å²) in [4.78, 5) is 0. The molecule has 3 unspecified atom stereocenters. The fourth-order valence-electron chi connectivity index (χ4n) is 1.01. The highest BCUT2D eigenvalue weighted by atomic mass is 16.6. The molecule has 1 saturated heterocycles. The van der Waals surface area contributed by atoms with Crippen molar-refractivity contribution in [3.8, 4) is 0 Å². The third-order valence-electron chi connectivity index (χ3n) is 1.72. The molecule has 1 aliphatic heterocycles. The summed E-state index contributed by atoms with van der Waals surface area (Å²) >= 11 is 0. The molecule has 0 radical (unpaired) electrons. The van der Waals surface area contributed by atoms with Gasteiger partial charge in [-0.3, -0.25) is 0 Å². The van der Waals surface area contributed by atoms with Gasteiger partial charge in [-0.1, -0.05) is 0 Å². The molecule has 4 heteroatoms. The lowest BCUT2D eigenvalue weighted by molar-refractivity contribution is -0.153. The van der Waals surface area contributed by atoms with Crippen molar-refractivity contribution in [2.45, 2.75) is 25.2 Å². The minimum absolute atomic E-state index is 0.367. The van der Waals surface area contributed by atoms with Gasteiger partial charge in [0.1, 0.15) is 12.2 Å². The highest BCUT2D eigenvalue weighted by molar-refractivity contribution is 4.74. The fraction of sp³-hybridized carbons (Fsp3) is 1.00. The van der Waals surface area contributed by atoms with Gasteiger partial charge in [0, 0.05) is 0 Å². The van der Waals surface area contributed by atoms with Crippen LogP contribution in [0, 0.1) is 0 Å². The van der Waals surface area contributed by atoms with Crippen molar-refractivity contribution in [3.05, 3.63) is 0 Å². The Hall–Kier alpha value is -0.160. The van der Waals surface area contributed by atoms with Gasteiger partial charge in [-0.2, -0.15) is 0 Å². The minimum atomic E-state index is -0.838. The largest absolute Gasteiger partial charge is 0.391 e. The Bertz CT molecular complexity index is 109. The van der Waals surface area contributed by atoms with Crippen LogP contribution in [0.1, 0.15) is 6.92 Å². The van der Waals surface area contributed by atoms with E-state index in [1.165, 1.54) is 6.92 Å². The quantitative estimate of drug-likeness (QED) is 0.555. The van der Waals surface area contributed by atoms with E-state index < -0.39 is 12.2 Å². The molecule has 0 bridgehead atoms. The van der Waals surface area contributed by atoms with Gasteiger partial charge in [0.2, 0.25) is 0 Å². The average molecular weight is 162 g/mol. The number of hydrogen-bond acceptors (Lipinski definition) is 4. The zero-order chi connectivity index (χ0) is 8.27.